The van der Waals surface area contributed by atoms with Gasteiger partial charge in [-0.2, -0.15) is 0 Å². The van der Waals surface area contributed by atoms with Crippen LogP contribution in [0.15, 0.2) is 36.4 Å². The maximum absolute atomic E-state index is 12.8. The molecule has 1 aromatic heterocycles. The van der Waals surface area contributed by atoms with Gasteiger partial charge in [-0.3, -0.25) is 9.59 Å². The first-order valence-electron chi connectivity index (χ1n) is 7.82. The van der Waals surface area contributed by atoms with Crippen LogP contribution in [0.25, 0.3) is 0 Å². The maximum atomic E-state index is 12.8. The van der Waals surface area contributed by atoms with Gasteiger partial charge in [0.25, 0.3) is 5.91 Å². The van der Waals surface area contributed by atoms with Crippen molar-refractivity contribution in [3.05, 3.63) is 51.7 Å². The van der Waals surface area contributed by atoms with Crippen LogP contribution in [-0.4, -0.2) is 40.7 Å². The topological polar surface area (TPSA) is 66.8 Å². The van der Waals surface area contributed by atoms with Crippen molar-refractivity contribution < 1.29 is 19.4 Å². The first kappa shape index (κ1) is 18.1. The van der Waals surface area contributed by atoms with Crippen molar-refractivity contribution in [3.8, 4) is 5.75 Å². The molecule has 2 aromatic rings. The average molecular weight is 424 g/mol. The molecule has 0 bridgehead atoms. The summed E-state index contributed by atoms with van der Waals surface area (Å²) in [6.45, 7) is 0.907. The molecule has 0 saturated carbocycles. The summed E-state index contributed by atoms with van der Waals surface area (Å²) in [5.41, 5.74) is -0.568. The number of hydrogen-bond acceptors (Lipinski definition) is 5. The molecule has 25 heavy (non-hydrogen) atoms. The average Bonchev–Trinajstić information content (AvgIpc) is 3.24. The van der Waals surface area contributed by atoms with Crippen LogP contribution < -0.4 is 4.74 Å². The smallest absolute Gasteiger partial charge is 0.260 e. The van der Waals surface area contributed by atoms with Gasteiger partial charge in [-0.15, -0.1) is 11.3 Å². The summed E-state index contributed by atoms with van der Waals surface area (Å²) in [6, 6.07) is 10.8. The summed E-state index contributed by atoms with van der Waals surface area (Å²) in [6.07, 6.45) is 0.324. The molecule has 132 valence electrons. The van der Waals surface area contributed by atoms with Gasteiger partial charge < -0.3 is 14.7 Å². The maximum Gasteiger partial charge on any atom is 0.260 e. The van der Waals surface area contributed by atoms with E-state index in [0.717, 1.165) is 11.3 Å². The van der Waals surface area contributed by atoms with Gasteiger partial charge >= 0.3 is 0 Å². The number of ether oxygens (including phenoxy) is 1. The molecule has 1 aromatic carbocycles. The minimum Gasteiger partial charge on any atom is -0.497 e. The Bertz CT molecular complexity index is 789. The number of likely N-dealkylation sites (tertiary alicyclic amines) is 1. The van der Waals surface area contributed by atoms with Crippen molar-refractivity contribution in [3.63, 3.8) is 0 Å². The van der Waals surface area contributed by atoms with E-state index in [4.69, 9.17) is 4.74 Å². The predicted octanol–water partition coefficient (Wildman–Crippen LogP) is 2.95. The molecule has 1 aliphatic rings. The summed E-state index contributed by atoms with van der Waals surface area (Å²) < 4.78 is 5.13. The molecule has 1 N–H and O–H groups in total. The lowest BCUT2D eigenvalue weighted by atomic mass is 10.0. The van der Waals surface area contributed by atoms with Gasteiger partial charge in [-0.1, -0.05) is 28.1 Å². The Balaban J connectivity index is 1.75. The number of hydrogen-bond donors (Lipinski definition) is 1. The standard InChI is InChI=1S/C18H18BrNO4S/c1-24-13-4-2-12(3-5-13)11-20-9-8-18(23,17(20)22)16-7-6-15(25-16)14(21)10-19/h2-7,23H,8-11H2,1H3. The van der Waals surface area contributed by atoms with E-state index in [2.05, 4.69) is 15.9 Å². The lowest BCUT2D eigenvalue weighted by Crippen LogP contribution is -2.36. The van der Waals surface area contributed by atoms with Gasteiger partial charge in [0, 0.05) is 24.4 Å². The van der Waals surface area contributed by atoms with Crippen LogP contribution in [0.2, 0.25) is 0 Å². The van der Waals surface area contributed by atoms with E-state index in [-0.39, 0.29) is 17.0 Å². The largest absolute Gasteiger partial charge is 0.497 e. The molecule has 2 heterocycles. The molecule has 0 aliphatic carbocycles. The molecule has 1 amide bonds. The summed E-state index contributed by atoms with van der Waals surface area (Å²) in [7, 11) is 1.61. The second-order valence-electron chi connectivity index (χ2n) is 5.91. The van der Waals surface area contributed by atoms with E-state index in [1.165, 1.54) is 11.3 Å². The fourth-order valence-corrected chi connectivity index (χ4v) is 4.41. The number of nitrogens with zero attached hydrogens (tertiary/aromatic N) is 1. The third-order valence-corrected chi connectivity index (χ3v) is 6.11. The Morgan fingerprint density at radius 2 is 2.04 bits per heavy atom. The number of halogens is 1. The van der Waals surface area contributed by atoms with Gasteiger partial charge in [-0.25, -0.2) is 0 Å². The van der Waals surface area contributed by atoms with E-state index in [1.807, 2.05) is 24.3 Å². The van der Waals surface area contributed by atoms with Crippen molar-refractivity contribution in [2.45, 2.75) is 18.6 Å². The third kappa shape index (κ3) is 3.49. The number of ketones is 1. The molecule has 1 aliphatic heterocycles. The van der Waals surface area contributed by atoms with Crippen LogP contribution in [-0.2, 0) is 16.9 Å². The molecule has 1 saturated heterocycles. The van der Waals surface area contributed by atoms with Crippen molar-refractivity contribution in [1.29, 1.82) is 0 Å². The predicted molar refractivity (Wildman–Crippen MR) is 99.4 cm³/mol. The first-order chi connectivity index (χ1) is 12.0. The van der Waals surface area contributed by atoms with Gasteiger partial charge in [0.2, 0.25) is 0 Å². The van der Waals surface area contributed by atoms with E-state index in [0.29, 0.717) is 29.3 Å². The van der Waals surface area contributed by atoms with Gasteiger partial charge in [0.1, 0.15) is 5.75 Å². The normalized spacial score (nSPS) is 20.1. The van der Waals surface area contributed by atoms with E-state index in [9.17, 15) is 14.7 Å². The van der Waals surface area contributed by atoms with Crippen LogP contribution in [0.5, 0.6) is 5.75 Å². The second-order valence-corrected chi connectivity index (χ2v) is 7.55. The Kier molecular flexibility index (Phi) is 5.27. The van der Waals surface area contributed by atoms with Gasteiger partial charge in [0.05, 0.1) is 17.3 Å². The molecule has 7 heteroatoms. The van der Waals surface area contributed by atoms with Crippen LogP contribution in [0.1, 0.15) is 26.5 Å². The number of thiophene rings is 1. The lowest BCUT2D eigenvalue weighted by Gasteiger charge is -2.21. The quantitative estimate of drug-likeness (QED) is 0.572. The highest BCUT2D eigenvalue weighted by atomic mass is 79.9. The highest BCUT2D eigenvalue weighted by Gasteiger charge is 2.47. The van der Waals surface area contributed by atoms with Gasteiger partial charge in [0.15, 0.2) is 11.4 Å². The lowest BCUT2D eigenvalue weighted by molar-refractivity contribution is -0.144. The minimum absolute atomic E-state index is 0.0552. The molecule has 0 spiro atoms. The summed E-state index contributed by atoms with van der Waals surface area (Å²) in [5.74, 6) is 0.388. The SMILES string of the molecule is COc1ccc(CN2CCC(O)(c3ccc(C(=O)CBr)s3)C2=O)cc1. The molecule has 0 radical (unpaired) electrons. The molecule has 1 atom stereocenters. The molecule has 3 rings (SSSR count). The molecule has 1 fully saturated rings. The zero-order valence-electron chi connectivity index (χ0n) is 13.7. The van der Waals surface area contributed by atoms with Crippen molar-refractivity contribution >= 4 is 39.0 Å². The zero-order chi connectivity index (χ0) is 18.0. The monoisotopic (exact) mass is 423 g/mol. The Morgan fingerprint density at radius 3 is 2.68 bits per heavy atom. The molecular formula is C18H18BrNO4S. The third-order valence-electron chi connectivity index (χ3n) is 4.33. The number of aliphatic hydroxyl groups is 1. The number of carbonyl (C=O) groups is 2. The Labute approximate surface area is 158 Å². The molecule has 5 nitrogen and oxygen atoms in total. The van der Waals surface area contributed by atoms with Crippen LogP contribution in [0.3, 0.4) is 0 Å². The highest BCUT2D eigenvalue weighted by Crippen LogP contribution is 2.38. The number of rotatable bonds is 6. The summed E-state index contributed by atoms with van der Waals surface area (Å²) in [4.78, 5) is 27.2. The van der Waals surface area contributed by atoms with Crippen LogP contribution in [0.4, 0.5) is 0 Å². The number of carbonyl (C=O) groups excluding carboxylic acids is 2. The zero-order valence-corrected chi connectivity index (χ0v) is 16.1. The number of benzene rings is 1. The number of amides is 1. The first-order valence-corrected chi connectivity index (χ1v) is 9.76. The van der Waals surface area contributed by atoms with Crippen molar-refractivity contribution in [2.75, 3.05) is 19.0 Å². The van der Waals surface area contributed by atoms with E-state index in [1.54, 1.807) is 24.1 Å². The van der Waals surface area contributed by atoms with Gasteiger partial charge in [-0.05, 0) is 29.8 Å². The number of alkyl halides is 1. The molecular weight excluding hydrogens is 406 g/mol. The van der Waals surface area contributed by atoms with Crippen LogP contribution in [0, 0.1) is 0 Å². The number of methoxy groups -OCH3 is 1. The van der Waals surface area contributed by atoms with E-state index < -0.39 is 5.60 Å². The highest BCUT2D eigenvalue weighted by molar-refractivity contribution is 9.09. The van der Waals surface area contributed by atoms with E-state index >= 15 is 0 Å². The Morgan fingerprint density at radius 1 is 1.32 bits per heavy atom. The minimum atomic E-state index is -1.54. The Hall–Kier alpha value is -1.70. The summed E-state index contributed by atoms with van der Waals surface area (Å²) >= 11 is 4.32. The van der Waals surface area contributed by atoms with Crippen LogP contribution >= 0.6 is 27.3 Å². The van der Waals surface area contributed by atoms with Crippen molar-refractivity contribution in [2.24, 2.45) is 0 Å². The fraction of sp³-hybridized carbons (Fsp3) is 0.333. The number of Topliss-reactive ketones (excluding diaryl/α,β-unsaturated/α-hetero) is 1. The molecule has 1 unspecified atom stereocenters. The second kappa shape index (κ2) is 7.27. The summed E-state index contributed by atoms with van der Waals surface area (Å²) in [5, 5.41) is 11.1. The van der Waals surface area contributed by atoms with Crippen molar-refractivity contribution in [1.82, 2.24) is 4.90 Å². The fourth-order valence-electron chi connectivity index (χ4n) is 2.87.